The number of amides is 1. The van der Waals surface area contributed by atoms with Crippen molar-refractivity contribution in [3.05, 3.63) is 77.3 Å². The molecule has 1 amide bonds. The summed E-state index contributed by atoms with van der Waals surface area (Å²) in [6.07, 6.45) is 0. The number of benzene rings is 3. The first kappa shape index (κ1) is 18.8. The van der Waals surface area contributed by atoms with Gasteiger partial charge in [0, 0.05) is 5.69 Å². The van der Waals surface area contributed by atoms with Gasteiger partial charge in [-0.05, 0) is 48.4 Å². The molecule has 0 aliphatic carbocycles. The summed E-state index contributed by atoms with van der Waals surface area (Å²) in [5, 5.41) is 3.18. The largest absolute Gasteiger partial charge is 0.495 e. The minimum absolute atomic E-state index is 0.0898. The van der Waals surface area contributed by atoms with Crippen LogP contribution in [0.4, 0.5) is 5.69 Å². The fourth-order valence-corrected chi connectivity index (χ4v) is 2.84. The van der Waals surface area contributed by atoms with Gasteiger partial charge in [0.05, 0.1) is 12.1 Å². The number of anilines is 1. The smallest absolute Gasteiger partial charge is 0.262 e. The topological polar surface area (TPSA) is 47.6 Å². The van der Waals surface area contributed by atoms with E-state index in [9.17, 15) is 4.79 Å². The first-order valence-electron chi connectivity index (χ1n) is 8.48. The third kappa shape index (κ3) is 5.02. The number of hydrogen-bond donors (Lipinski definition) is 1. The lowest BCUT2D eigenvalue weighted by Gasteiger charge is -2.10. The lowest BCUT2D eigenvalue weighted by atomic mass is 10.0. The van der Waals surface area contributed by atoms with Crippen molar-refractivity contribution in [3.8, 4) is 22.6 Å². The molecule has 0 atom stereocenters. The maximum Gasteiger partial charge on any atom is 0.262 e. The SMILES string of the molecule is COc1ccc(NC(=O)COc2ccc(-c3ccc(C)cc3)cc2)cc1Cl. The van der Waals surface area contributed by atoms with E-state index in [1.165, 1.54) is 12.7 Å². The second-order valence-electron chi connectivity index (χ2n) is 6.08. The molecule has 0 aliphatic rings. The highest BCUT2D eigenvalue weighted by Gasteiger charge is 2.07. The predicted octanol–water partition coefficient (Wildman–Crippen LogP) is 5.34. The van der Waals surface area contributed by atoms with E-state index >= 15 is 0 Å². The zero-order valence-corrected chi connectivity index (χ0v) is 15.9. The highest BCUT2D eigenvalue weighted by molar-refractivity contribution is 6.32. The minimum atomic E-state index is -0.265. The van der Waals surface area contributed by atoms with Crippen LogP contribution in [0.15, 0.2) is 66.7 Å². The summed E-state index contributed by atoms with van der Waals surface area (Å²) < 4.78 is 10.6. The zero-order valence-electron chi connectivity index (χ0n) is 15.2. The lowest BCUT2D eigenvalue weighted by Crippen LogP contribution is -2.20. The van der Waals surface area contributed by atoms with Gasteiger partial charge in [-0.2, -0.15) is 0 Å². The van der Waals surface area contributed by atoms with Crippen molar-refractivity contribution < 1.29 is 14.3 Å². The Kier molecular flexibility index (Phi) is 5.99. The normalized spacial score (nSPS) is 10.3. The molecule has 0 radical (unpaired) electrons. The first-order valence-corrected chi connectivity index (χ1v) is 8.86. The Morgan fingerprint density at radius 2 is 1.59 bits per heavy atom. The summed E-state index contributed by atoms with van der Waals surface area (Å²) in [6, 6.07) is 21.0. The third-order valence-corrected chi connectivity index (χ3v) is 4.34. The molecule has 5 heteroatoms. The molecule has 3 rings (SSSR count). The first-order chi connectivity index (χ1) is 13.0. The Balaban J connectivity index is 1.55. The van der Waals surface area contributed by atoms with Crippen LogP contribution in [0.3, 0.4) is 0 Å². The van der Waals surface area contributed by atoms with Crippen LogP contribution in [0.5, 0.6) is 11.5 Å². The van der Waals surface area contributed by atoms with E-state index in [4.69, 9.17) is 21.1 Å². The molecule has 0 fully saturated rings. The highest BCUT2D eigenvalue weighted by Crippen LogP contribution is 2.27. The molecule has 4 nitrogen and oxygen atoms in total. The number of aryl methyl sites for hydroxylation is 1. The van der Waals surface area contributed by atoms with E-state index < -0.39 is 0 Å². The fourth-order valence-electron chi connectivity index (χ4n) is 2.58. The molecule has 138 valence electrons. The van der Waals surface area contributed by atoms with E-state index in [1.807, 2.05) is 24.3 Å². The van der Waals surface area contributed by atoms with Gasteiger partial charge in [0.1, 0.15) is 11.5 Å². The standard InChI is InChI=1S/C22H20ClNO3/c1-15-3-5-16(6-4-15)17-7-10-19(11-8-17)27-14-22(25)24-18-9-12-21(26-2)20(23)13-18/h3-13H,14H2,1-2H3,(H,24,25). The van der Waals surface area contributed by atoms with E-state index in [-0.39, 0.29) is 12.5 Å². The van der Waals surface area contributed by atoms with Gasteiger partial charge in [-0.1, -0.05) is 53.6 Å². The second-order valence-corrected chi connectivity index (χ2v) is 6.48. The Morgan fingerprint density at radius 3 is 2.19 bits per heavy atom. The highest BCUT2D eigenvalue weighted by atomic mass is 35.5. The molecule has 0 saturated heterocycles. The summed E-state index contributed by atoms with van der Waals surface area (Å²) in [4.78, 5) is 12.1. The number of nitrogens with one attached hydrogen (secondary N) is 1. The Bertz CT molecular complexity index is 921. The Morgan fingerprint density at radius 1 is 0.963 bits per heavy atom. The zero-order chi connectivity index (χ0) is 19.2. The van der Waals surface area contributed by atoms with Crippen LogP contribution in [0.25, 0.3) is 11.1 Å². The van der Waals surface area contributed by atoms with Gasteiger partial charge < -0.3 is 14.8 Å². The van der Waals surface area contributed by atoms with Crippen LogP contribution in [-0.2, 0) is 4.79 Å². The van der Waals surface area contributed by atoms with Crippen molar-refractivity contribution >= 4 is 23.2 Å². The van der Waals surface area contributed by atoms with Gasteiger partial charge in [-0.15, -0.1) is 0 Å². The van der Waals surface area contributed by atoms with Crippen molar-refractivity contribution in [1.29, 1.82) is 0 Å². The monoisotopic (exact) mass is 381 g/mol. The van der Waals surface area contributed by atoms with Crippen LogP contribution in [0.2, 0.25) is 5.02 Å². The lowest BCUT2D eigenvalue weighted by molar-refractivity contribution is -0.118. The Labute approximate surface area is 163 Å². The molecule has 3 aromatic carbocycles. The van der Waals surface area contributed by atoms with E-state index in [1.54, 1.807) is 18.2 Å². The molecule has 0 bridgehead atoms. The summed E-state index contributed by atoms with van der Waals surface area (Å²) in [5.41, 5.74) is 4.05. The van der Waals surface area contributed by atoms with Gasteiger partial charge in [-0.25, -0.2) is 0 Å². The quantitative estimate of drug-likeness (QED) is 0.626. The molecule has 3 aromatic rings. The number of rotatable bonds is 6. The van der Waals surface area contributed by atoms with Crippen molar-refractivity contribution in [1.82, 2.24) is 0 Å². The summed E-state index contributed by atoms with van der Waals surface area (Å²) >= 11 is 6.05. The molecular formula is C22H20ClNO3. The van der Waals surface area contributed by atoms with Gasteiger partial charge >= 0.3 is 0 Å². The molecule has 0 aromatic heterocycles. The van der Waals surface area contributed by atoms with Crippen LogP contribution in [0, 0.1) is 6.92 Å². The van der Waals surface area contributed by atoms with Crippen molar-refractivity contribution in [2.24, 2.45) is 0 Å². The van der Waals surface area contributed by atoms with Gasteiger partial charge in [0.25, 0.3) is 5.91 Å². The fraction of sp³-hybridized carbons (Fsp3) is 0.136. The van der Waals surface area contributed by atoms with Gasteiger partial charge in [0.15, 0.2) is 6.61 Å². The van der Waals surface area contributed by atoms with Crippen LogP contribution < -0.4 is 14.8 Å². The maximum atomic E-state index is 12.1. The number of methoxy groups -OCH3 is 1. The average Bonchev–Trinajstić information content (AvgIpc) is 2.68. The predicted molar refractivity (Wildman–Crippen MR) is 109 cm³/mol. The van der Waals surface area contributed by atoms with E-state index in [2.05, 4.69) is 36.5 Å². The number of ether oxygens (including phenoxy) is 2. The minimum Gasteiger partial charge on any atom is -0.495 e. The number of carbonyl (C=O) groups is 1. The molecule has 0 unspecified atom stereocenters. The summed E-state index contributed by atoms with van der Waals surface area (Å²) in [7, 11) is 1.54. The molecule has 0 heterocycles. The summed E-state index contributed by atoms with van der Waals surface area (Å²) in [5.74, 6) is 0.923. The van der Waals surface area contributed by atoms with Crippen molar-refractivity contribution in [2.45, 2.75) is 6.92 Å². The van der Waals surface area contributed by atoms with Crippen molar-refractivity contribution in [2.75, 3.05) is 19.0 Å². The van der Waals surface area contributed by atoms with Gasteiger partial charge in [-0.3, -0.25) is 4.79 Å². The van der Waals surface area contributed by atoms with Gasteiger partial charge in [0.2, 0.25) is 0 Å². The van der Waals surface area contributed by atoms with E-state index in [0.717, 1.165) is 11.1 Å². The van der Waals surface area contributed by atoms with Crippen LogP contribution in [-0.4, -0.2) is 19.6 Å². The number of carbonyl (C=O) groups excluding carboxylic acids is 1. The molecule has 1 N–H and O–H groups in total. The Hall–Kier alpha value is -2.98. The molecule has 0 aliphatic heterocycles. The van der Waals surface area contributed by atoms with Crippen molar-refractivity contribution in [3.63, 3.8) is 0 Å². The molecular weight excluding hydrogens is 362 g/mol. The summed E-state index contributed by atoms with van der Waals surface area (Å²) in [6.45, 7) is 1.97. The van der Waals surface area contributed by atoms with Crippen LogP contribution >= 0.6 is 11.6 Å². The molecule has 0 spiro atoms. The molecule has 0 saturated carbocycles. The maximum absolute atomic E-state index is 12.1. The molecule has 27 heavy (non-hydrogen) atoms. The number of hydrogen-bond acceptors (Lipinski definition) is 3. The number of halogens is 1. The van der Waals surface area contributed by atoms with E-state index in [0.29, 0.717) is 22.2 Å². The average molecular weight is 382 g/mol. The third-order valence-electron chi connectivity index (χ3n) is 4.04. The van der Waals surface area contributed by atoms with Crippen LogP contribution in [0.1, 0.15) is 5.56 Å². The second kappa shape index (κ2) is 8.60.